The standard InChI is InChI=1S/C20H25NO2/c1-16-4-6-18(7-5-16)14-21(12-13-23-3)15-19-8-10-20(11-9-19)17(2)22/h4-11H,12-15H2,1-3H3. The van der Waals surface area contributed by atoms with Gasteiger partial charge in [0.1, 0.15) is 0 Å². The number of Topliss-reactive ketones (excluding diaryl/α,β-unsaturated/α-hetero) is 1. The van der Waals surface area contributed by atoms with E-state index in [1.165, 1.54) is 16.7 Å². The van der Waals surface area contributed by atoms with Crippen molar-refractivity contribution >= 4 is 5.78 Å². The van der Waals surface area contributed by atoms with Crippen LogP contribution < -0.4 is 0 Å². The third kappa shape index (κ3) is 5.62. The van der Waals surface area contributed by atoms with Gasteiger partial charge >= 0.3 is 0 Å². The van der Waals surface area contributed by atoms with Gasteiger partial charge in [-0.05, 0) is 25.0 Å². The molecule has 2 aromatic rings. The molecule has 2 rings (SSSR count). The summed E-state index contributed by atoms with van der Waals surface area (Å²) in [4.78, 5) is 13.7. The molecule has 0 N–H and O–H groups in total. The van der Waals surface area contributed by atoms with Crippen LogP contribution in [0.3, 0.4) is 0 Å². The van der Waals surface area contributed by atoms with Crippen molar-refractivity contribution in [2.24, 2.45) is 0 Å². The molecule has 0 heterocycles. The van der Waals surface area contributed by atoms with E-state index in [9.17, 15) is 4.79 Å². The summed E-state index contributed by atoms with van der Waals surface area (Å²) in [6.45, 7) is 7.00. The summed E-state index contributed by atoms with van der Waals surface area (Å²) in [5, 5.41) is 0. The maximum absolute atomic E-state index is 11.4. The van der Waals surface area contributed by atoms with E-state index in [0.29, 0.717) is 6.61 Å². The lowest BCUT2D eigenvalue weighted by atomic mass is 10.1. The number of methoxy groups -OCH3 is 1. The first-order valence-corrected chi connectivity index (χ1v) is 7.95. The van der Waals surface area contributed by atoms with E-state index in [0.717, 1.165) is 25.2 Å². The van der Waals surface area contributed by atoms with E-state index in [1.54, 1.807) is 14.0 Å². The Kier molecular flexibility index (Phi) is 6.51. The molecule has 3 heteroatoms. The summed E-state index contributed by atoms with van der Waals surface area (Å²) in [6.07, 6.45) is 0. The number of rotatable bonds is 8. The molecule has 0 aliphatic heterocycles. The van der Waals surface area contributed by atoms with Crippen LogP contribution >= 0.6 is 0 Å². The third-order valence-electron chi connectivity index (χ3n) is 3.91. The number of benzene rings is 2. The van der Waals surface area contributed by atoms with Crippen LogP contribution in [-0.2, 0) is 17.8 Å². The van der Waals surface area contributed by atoms with Gasteiger partial charge in [-0.1, -0.05) is 54.1 Å². The minimum absolute atomic E-state index is 0.104. The topological polar surface area (TPSA) is 29.5 Å². The summed E-state index contributed by atoms with van der Waals surface area (Å²) in [7, 11) is 1.73. The number of aryl methyl sites for hydroxylation is 1. The van der Waals surface area contributed by atoms with Crippen LogP contribution in [0.1, 0.15) is 34.0 Å². The molecule has 0 spiro atoms. The molecule has 2 aromatic carbocycles. The molecule has 0 aliphatic carbocycles. The lowest BCUT2D eigenvalue weighted by Crippen LogP contribution is -2.26. The van der Waals surface area contributed by atoms with Crippen LogP contribution in [0.5, 0.6) is 0 Å². The second-order valence-corrected chi connectivity index (χ2v) is 5.94. The van der Waals surface area contributed by atoms with E-state index in [2.05, 4.69) is 36.1 Å². The Hall–Kier alpha value is -1.97. The number of carbonyl (C=O) groups excluding carboxylic acids is 1. The number of hydrogen-bond donors (Lipinski definition) is 0. The Morgan fingerprint density at radius 3 is 1.96 bits per heavy atom. The molecule has 0 fully saturated rings. The van der Waals surface area contributed by atoms with E-state index in [-0.39, 0.29) is 5.78 Å². The Balaban J connectivity index is 2.05. The quantitative estimate of drug-likeness (QED) is 0.694. The Bertz CT molecular complexity index is 617. The lowest BCUT2D eigenvalue weighted by Gasteiger charge is -2.22. The Labute approximate surface area is 138 Å². The molecule has 0 amide bonds. The van der Waals surface area contributed by atoms with Crippen LogP contribution in [-0.4, -0.2) is 30.9 Å². The molecule has 0 bridgehead atoms. The molecular weight excluding hydrogens is 286 g/mol. The van der Waals surface area contributed by atoms with Gasteiger partial charge in [-0.3, -0.25) is 9.69 Å². The second-order valence-electron chi connectivity index (χ2n) is 5.94. The molecular formula is C20H25NO2. The summed E-state index contributed by atoms with van der Waals surface area (Å²) >= 11 is 0. The average Bonchev–Trinajstić information content (AvgIpc) is 2.55. The molecule has 23 heavy (non-hydrogen) atoms. The lowest BCUT2D eigenvalue weighted by molar-refractivity contribution is 0.101. The summed E-state index contributed by atoms with van der Waals surface area (Å²) in [5.74, 6) is 0.104. The maximum atomic E-state index is 11.4. The van der Waals surface area contributed by atoms with Crippen molar-refractivity contribution < 1.29 is 9.53 Å². The van der Waals surface area contributed by atoms with Crippen LogP contribution in [0, 0.1) is 6.92 Å². The van der Waals surface area contributed by atoms with Crippen LogP contribution in [0.4, 0.5) is 0 Å². The average molecular weight is 311 g/mol. The summed E-state index contributed by atoms with van der Waals surface area (Å²) in [5.41, 5.74) is 4.54. The molecule has 3 nitrogen and oxygen atoms in total. The van der Waals surface area contributed by atoms with Gasteiger partial charge < -0.3 is 4.74 Å². The van der Waals surface area contributed by atoms with Crippen molar-refractivity contribution in [3.63, 3.8) is 0 Å². The van der Waals surface area contributed by atoms with Gasteiger partial charge in [0.05, 0.1) is 6.61 Å². The monoisotopic (exact) mass is 311 g/mol. The van der Waals surface area contributed by atoms with Crippen molar-refractivity contribution in [1.29, 1.82) is 0 Å². The zero-order valence-electron chi connectivity index (χ0n) is 14.2. The van der Waals surface area contributed by atoms with Crippen molar-refractivity contribution in [1.82, 2.24) is 4.90 Å². The van der Waals surface area contributed by atoms with Gasteiger partial charge in [0.2, 0.25) is 0 Å². The van der Waals surface area contributed by atoms with Gasteiger partial charge in [-0.2, -0.15) is 0 Å². The largest absolute Gasteiger partial charge is 0.383 e. The first kappa shape index (κ1) is 17.4. The fourth-order valence-corrected chi connectivity index (χ4v) is 2.49. The van der Waals surface area contributed by atoms with Gasteiger partial charge in [-0.15, -0.1) is 0 Å². The number of nitrogens with zero attached hydrogens (tertiary/aromatic N) is 1. The molecule has 0 aromatic heterocycles. The second kappa shape index (κ2) is 8.61. The molecule has 0 radical (unpaired) electrons. The van der Waals surface area contributed by atoms with Crippen LogP contribution in [0.2, 0.25) is 0 Å². The highest BCUT2D eigenvalue weighted by Crippen LogP contribution is 2.12. The van der Waals surface area contributed by atoms with Crippen LogP contribution in [0.15, 0.2) is 48.5 Å². The zero-order chi connectivity index (χ0) is 16.7. The van der Waals surface area contributed by atoms with Gasteiger partial charge in [-0.25, -0.2) is 0 Å². The number of ether oxygens (including phenoxy) is 1. The smallest absolute Gasteiger partial charge is 0.159 e. The van der Waals surface area contributed by atoms with Crippen molar-refractivity contribution in [2.75, 3.05) is 20.3 Å². The minimum atomic E-state index is 0.104. The first-order valence-electron chi connectivity index (χ1n) is 7.95. The zero-order valence-corrected chi connectivity index (χ0v) is 14.2. The Morgan fingerprint density at radius 1 is 0.957 bits per heavy atom. The highest BCUT2D eigenvalue weighted by Gasteiger charge is 2.08. The molecule has 0 aliphatic rings. The molecule has 0 atom stereocenters. The predicted octanol–water partition coefficient (Wildman–Crippen LogP) is 3.85. The SMILES string of the molecule is COCCN(Cc1ccc(C)cc1)Cc1ccc(C(C)=O)cc1. The fraction of sp³-hybridized carbons (Fsp3) is 0.350. The summed E-state index contributed by atoms with van der Waals surface area (Å²) < 4.78 is 5.23. The van der Waals surface area contributed by atoms with Gasteiger partial charge in [0.25, 0.3) is 0 Å². The number of hydrogen-bond acceptors (Lipinski definition) is 3. The predicted molar refractivity (Wildman–Crippen MR) is 93.6 cm³/mol. The van der Waals surface area contributed by atoms with E-state index in [4.69, 9.17) is 4.74 Å². The maximum Gasteiger partial charge on any atom is 0.159 e. The normalized spacial score (nSPS) is 11.0. The van der Waals surface area contributed by atoms with Gasteiger partial charge in [0.15, 0.2) is 5.78 Å². The van der Waals surface area contributed by atoms with Gasteiger partial charge in [0, 0.05) is 32.3 Å². The van der Waals surface area contributed by atoms with E-state index in [1.807, 2.05) is 24.3 Å². The molecule has 0 unspecified atom stereocenters. The number of carbonyl (C=O) groups is 1. The van der Waals surface area contributed by atoms with E-state index < -0.39 is 0 Å². The molecule has 0 saturated heterocycles. The third-order valence-corrected chi connectivity index (χ3v) is 3.91. The van der Waals surface area contributed by atoms with Crippen molar-refractivity contribution in [3.8, 4) is 0 Å². The highest BCUT2D eigenvalue weighted by atomic mass is 16.5. The van der Waals surface area contributed by atoms with Crippen molar-refractivity contribution in [2.45, 2.75) is 26.9 Å². The molecule has 122 valence electrons. The minimum Gasteiger partial charge on any atom is -0.383 e. The highest BCUT2D eigenvalue weighted by molar-refractivity contribution is 5.93. The van der Waals surface area contributed by atoms with E-state index >= 15 is 0 Å². The Morgan fingerprint density at radius 2 is 1.48 bits per heavy atom. The summed E-state index contributed by atoms with van der Waals surface area (Å²) in [6, 6.07) is 16.5. The number of ketones is 1. The first-order chi connectivity index (χ1) is 11.1. The van der Waals surface area contributed by atoms with Crippen molar-refractivity contribution in [3.05, 3.63) is 70.8 Å². The van der Waals surface area contributed by atoms with Crippen LogP contribution in [0.25, 0.3) is 0 Å². The fourth-order valence-electron chi connectivity index (χ4n) is 2.49. The molecule has 0 saturated carbocycles.